The fraction of sp³-hybridized carbons (Fsp3) is 0.903. The molecule has 5 heteroatoms. The summed E-state index contributed by atoms with van der Waals surface area (Å²) in [5, 5.41) is 21.2. The molecule has 3 spiro atoms. The van der Waals surface area contributed by atoms with Crippen molar-refractivity contribution in [2.24, 2.45) is 56.7 Å². The van der Waals surface area contributed by atoms with E-state index in [4.69, 9.17) is 9.47 Å². The maximum absolute atomic E-state index is 12.5. The van der Waals surface area contributed by atoms with Gasteiger partial charge in [-0.2, -0.15) is 0 Å². The first-order valence-corrected chi connectivity index (χ1v) is 14.7. The number of aliphatic hydroxyl groups excluding tert-OH is 1. The Morgan fingerprint density at radius 1 is 0.972 bits per heavy atom. The summed E-state index contributed by atoms with van der Waals surface area (Å²) in [5.41, 5.74) is 0.865. The van der Waals surface area contributed by atoms with E-state index in [-0.39, 0.29) is 33.7 Å². The summed E-state index contributed by atoms with van der Waals surface area (Å²) in [6.07, 6.45) is 8.72. The molecule has 5 nitrogen and oxygen atoms in total. The van der Waals surface area contributed by atoms with Gasteiger partial charge in [0.1, 0.15) is 0 Å². The molecule has 0 amide bonds. The fourth-order valence-electron chi connectivity index (χ4n) is 12.5. The van der Waals surface area contributed by atoms with Crippen molar-refractivity contribution >= 4 is 5.97 Å². The van der Waals surface area contributed by atoms with Gasteiger partial charge in [0.2, 0.25) is 0 Å². The maximum Gasteiger partial charge on any atom is 0.312 e. The van der Waals surface area contributed by atoms with Crippen molar-refractivity contribution in [3.8, 4) is 0 Å². The molecule has 13 atom stereocenters. The van der Waals surface area contributed by atoms with E-state index in [1.807, 2.05) is 6.92 Å². The zero-order valence-electron chi connectivity index (χ0n) is 22.9. The summed E-state index contributed by atoms with van der Waals surface area (Å²) in [6, 6.07) is 0. The summed E-state index contributed by atoms with van der Waals surface area (Å²) < 4.78 is 13.4. The first kappa shape index (κ1) is 24.2. The van der Waals surface area contributed by atoms with Gasteiger partial charge in [-0.1, -0.05) is 34.3 Å². The summed E-state index contributed by atoms with van der Waals surface area (Å²) in [6.45, 7) is 16.8. The van der Waals surface area contributed by atoms with Crippen molar-refractivity contribution in [2.75, 3.05) is 6.61 Å². The second kappa shape index (κ2) is 6.80. The Bertz CT molecular complexity index is 1040. The number of ether oxygens (including phenoxy) is 2. The highest BCUT2D eigenvalue weighted by atomic mass is 16.7. The van der Waals surface area contributed by atoms with E-state index in [1.54, 1.807) is 0 Å². The molecule has 13 unspecified atom stereocenters. The van der Waals surface area contributed by atoms with E-state index >= 15 is 0 Å². The largest absolute Gasteiger partial charge is 0.481 e. The van der Waals surface area contributed by atoms with Crippen molar-refractivity contribution < 1.29 is 24.5 Å². The summed E-state index contributed by atoms with van der Waals surface area (Å²) in [7, 11) is 0. The molecular formula is C31H46O5. The molecule has 7 fully saturated rings. The quantitative estimate of drug-likeness (QED) is 0.447. The Kier molecular flexibility index (Phi) is 4.56. The average Bonchev–Trinajstić information content (AvgIpc) is 3.33. The number of hydrogen-bond donors (Lipinski definition) is 2. The van der Waals surface area contributed by atoms with Crippen molar-refractivity contribution in [1.29, 1.82) is 0 Å². The minimum atomic E-state index is -1.01. The van der Waals surface area contributed by atoms with E-state index in [2.05, 4.69) is 34.3 Å². The van der Waals surface area contributed by atoms with Gasteiger partial charge in [-0.3, -0.25) is 4.79 Å². The van der Waals surface area contributed by atoms with Crippen LogP contribution in [0.2, 0.25) is 0 Å². The van der Waals surface area contributed by atoms with Gasteiger partial charge in [-0.15, -0.1) is 0 Å². The van der Waals surface area contributed by atoms with Crippen LogP contribution in [0.4, 0.5) is 0 Å². The number of carboxylic acids is 1. The second-order valence-electron chi connectivity index (χ2n) is 15.2. The van der Waals surface area contributed by atoms with Crippen molar-refractivity contribution in [3.05, 3.63) is 12.2 Å². The predicted molar refractivity (Wildman–Crippen MR) is 136 cm³/mol. The smallest absolute Gasteiger partial charge is 0.312 e. The van der Waals surface area contributed by atoms with Gasteiger partial charge in [-0.05, 0) is 109 Å². The molecular weight excluding hydrogens is 452 g/mol. The van der Waals surface area contributed by atoms with E-state index < -0.39 is 23.3 Å². The van der Waals surface area contributed by atoms with Gasteiger partial charge in [0.15, 0.2) is 5.79 Å². The summed E-state index contributed by atoms with van der Waals surface area (Å²) in [4.78, 5) is 12.5. The molecule has 200 valence electrons. The van der Waals surface area contributed by atoms with Gasteiger partial charge >= 0.3 is 5.97 Å². The van der Waals surface area contributed by atoms with Crippen LogP contribution >= 0.6 is 0 Å². The van der Waals surface area contributed by atoms with Crippen LogP contribution in [0.25, 0.3) is 0 Å². The molecule has 2 N–H and O–H groups in total. The fourth-order valence-corrected chi connectivity index (χ4v) is 12.5. The number of carboxylic acid groups (broad SMARTS) is 1. The minimum absolute atomic E-state index is 0.0919. The third kappa shape index (κ3) is 2.36. The highest BCUT2D eigenvalue weighted by Gasteiger charge is 2.84. The molecule has 0 aromatic carbocycles. The van der Waals surface area contributed by atoms with Gasteiger partial charge in [0, 0.05) is 12.3 Å². The van der Waals surface area contributed by atoms with Crippen molar-refractivity contribution in [1.82, 2.24) is 0 Å². The first-order valence-electron chi connectivity index (χ1n) is 14.7. The number of carbonyl (C=O) groups is 1. The lowest BCUT2D eigenvalue weighted by Crippen LogP contribution is -2.60. The van der Waals surface area contributed by atoms with Crippen LogP contribution in [-0.4, -0.2) is 40.8 Å². The first-order chi connectivity index (χ1) is 16.8. The zero-order valence-corrected chi connectivity index (χ0v) is 22.9. The van der Waals surface area contributed by atoms with Crippen LogP contribution in [0, 0.1) is 56.7 Å². The highest BCUT2D eigenvalue weighted by Crippen LogP contribution is 2.89. The Morgan fingerprint density at radius 2 is 1.67 bits per heavy atom. The topological polar surface area (TPSA) is 76.0 Å². The van der Waals surface area contributed by atoms with Crippen LogP contribution in [0.5, 0.6) is 0 Å². The molecule has 0 aromatic heterocycles. The minimum Gasteiger partial charge on any atom is -0.481 e. The van der Waals surface area contributed by atoms with Crippen molar-refractivity contribution in [2.45, 2.75) is 110 Å². The van der Waals surface area contributed by atoms with Gasteiger partial charge in [0.05, 0.1) is 24.2 Å². The molecule has 0 aromatic rings. The third-order valence-electron chi connectivity index (χ3n) is 14.4. The van der Waals surface area contributed by atoms with Crippen LogP contribution in [0.1, 0.15) is 92.4 Å². The molecule has 2 aliphatic heterocycles. The van der Waals surface area contributed by atoms with Gasteiger partial charge < -0.3 is 19.7 Å². The summed E-state index contributed by atoms with van der Waals surface area (Å²) in [5.74, 6) is 0.708. The normalized spacial score (nSPS) is 63.2. The zero-order chi connectivity index (χ0) is 25.7. The number of hydrogen-bond acceptors (Lipinski definition) is 4. The van der Waals surface area contributed by atoms with Crippen LogP contribution in [-0.2, 0) is 14.3 Å². The Morgan fingerprint density at radius 3 is 2.33 bits per heavy atom. The van der Waals surface area contributed by atoms with Crippen molar-refractivity contribution in [3.63, 3.8) is 0 Å². The predicted octanol–water partition coefficient (Wildman–Crippen LogP) is 5.80. The molecule has 2 saturated heterocycles. The Hall–Kier alpha value is -0.910. The highest BCUT2D eigenvalue weighted by molar-refractivity contribution is 5.76. The molecule has 5 saturated carbocycles. The number of fused-ring (bicyclic) bond motifs is 4. The molecule has 36 heavy (non-hydrogen) atoms. The van der Waals surface area contributed by atoms with E-state index in [1.165, 1.54) is 19.3 Å². The molecule has 0 bridgehead atoms. The number of rotatable bonds is 1. The lowest BCUT2D eigenvalue weighted by atomic mass is 9.41. The average molecular weight is 499 g/mol. The number of aliphatic hydroxyl groups is 1. The molecule has 7 rings (SSSR count). The monoisotopic (exact) mass is 498 g/mol. The van der Waals surface area contributed by atoms with E-state index in [0.29, 0.717) is 36.7 Å². The molecule has 7 aliphatic rings. The number of aliphatic carboxylic acids is 1. The standard InChI is InChI=1S/C31H46O5/c1-17-13-31(19(3)18(2)15-35-31)36-20-14-27(5)21-7-8-22-28(6,25(33)34)23(32)9-10-29(22)16-30(21,29)12-11-26(27,4)24(17)20/h17-18,20-24,32H,3,7-16H2,1-2,4-6H3,(H,33,34). The van der Waals surface area contributed by atoms with Crippen LogP contribution < -0.4 is 0 Å². The SMILES string of the molecule is C=C1C(C)COC12CC(C)C1C(CC3(C)C4CCC5C(C)(C(=O)O)C(O)CCC56CC46CCC13C)O2. The van der Waals surface area contributed by atoms with E-state index in [9.17, 15) is 15.0 Å². The Balaban J connectivity index is 1.25. The molecule has 2 heterocycles. The Labute approximate surface area is 216 Å². The second-order valence-corrected chi connectivity index (χ2v) is 15.2. The lowest BCUT2D eigenvalue weighted by molar-refractivity contribution is -0.266. The maximum atomic E-state index is 12.5. The van der Waals surface area contributed by atoms with Gasteiger partial charge in [-0.25, -0.2) is 0 Å². The molecule has 0 radical (unpaired) electrons. The van der Waals surface area contributed by atoms with E-state index in [0.717, 1.165) is 37.7 Å². The van der Waals surface area contributed by atoms with Gasteiger partial charge in [0.25, 0.3) is 0 Å². The van der Waals surface area contributed by atoms with Crippen LogP contribution in [0.15, 0.2) is 12.2 Å². The summed E-state index contributed by atoms with van der Waals surface area (Å²) >= 11 is 0. The third-order valence-corrected chi connectivity index (χ3v) is 14.4. The molecule has 5 aliphatic carbocycles. The lowest BCUT2D eigenvalue weighted by Gasteiger charge is -2.63. The van der Waals surface area contributed by atoms with Crippen LogP contribution in [0.3, 0.4) is 0 Å².